The molecule has 0 spiro atoms. The van der Waals surface area contributed by atoms with Crippen LogP contribution in [0.25, 0.3) is 0 Å². The van der Waals surface area contributed by atoms with Gasteiger partial charge in [-0.2, -0.15) is 0 Å². The van der Waals surface area contributed by atoms with E-state index in [0.717, 1.165) is 11.5 Å². The number of rotatable bonds is 11. The molecule has 146 valence electrons. The summed E-state index contributed by atoms with van der Waals surface area (Å²) < 4.78 is 0. The molecule has 0 saturated heterocycles. The zero-order valence-corrected chi connectivity index (χ0v) is 18.1. The van der Waals surface area contributed by atoms with Gasteiger partial charge in [0.2, 0.25) is 11.8 Å². The number of aryl methyl sites for hydroxylation is 1. The van der Waals surface area contributed by atoms with Gasteiger partial charge in [0.15, 0.2) is 0 Å². The summed E-state index contributed by atoms with van der Waals surface area (Å²) in [5, 5.41) is 5.92. The third-order valence-corrected chi connectivity index (χ3v) is 6.75. The summed E-state index contributed by atoms with van der Waals surface area (Å²) in [7, 11) is 3.45. The highest BCUT2D eigenvalue weighted by Crippen LogP contribution is 2.24. The Balaban J connectivity index is 2.15. The maximum atomic E-state index is 12.3. The second kappa shape index (κ2) is 12.3. The minimum Gasteiger partial charge on any atom is -0.355 e. The van der Waals surface area contributed by atoms with Gasteiger partial charge in [0.25, 0.3) is 0 Å². The first-order valence-corrected chi connectivity index (χ1v) is 11.7. The van der Waals surface area contributed by atoms with Crippen molar-refractivity contribution >= 4 is 33.4 Å². The van der Waals surface area contributed by atoms with Crippen molar-refractivity contribution in [2.75, 3.05) is 24.6 Å². The van der Waals surface area contributed by atoms with E-state index in [1.807, 2.05) is 20.8 Å². The third-order valence-electron chi connectivity index (χ3n) is 4.34. The number of benzene rings is 1. The Morgan fingerprint density at radius 1 is 0.885 bits per heavy atom. The van der Waals surface area contributed by atoms with Crippen LogP contribution in [-0.2, 0) is 9.59 Å². The van der Waals surface area contributed by atoms with Crippen LogP contribution in [0.1, 0.15) is 44.7 Å². The lowest BCUT2D eigenvalue weighted by Crippen LogP contribution is -2.33. The number of hydrogen-bond acceptors (Lipinski definition) is 4. The zero-order chi connectivity index (χ0) is 19.5. The van der Waals surface area contributed by atoms with E-state index in [4.69, 9.17) is 0 Å². The van der Waals surface area contributed by atoms with Crippen molar-refractivity contribution in [1.82, 2.24) is 10.6 Å². The molecule has 2 N–H and O–H groups in total. The van der Waals surface area contributed by atoms with Gasteiger partial charge in [-0.1, -0.05) is 79.1 Å². The Bertz CT molecular complexity index is 561. The molecule has 0 radical (unpaired) electrons. The molecule has 26 heavy (non-hydrogen) atoms. The average molecular weight is 397 g/mol. The molecule has 0 aliphatic carbocycles. The van der Waals surface area contributed by atoms with E-state index in [9.17, 15) is 9.59 Å². The highest BCUT2D eigenvalue weighted by atomic mass is 33.1. The molecule has 1 rings (SSSR count). The molecule has 0 fully saturated rings. The monoisotopic (exact) mass is 396 g/mol. The second-order valence-electron chi connectivity index (χ2n) is 6.87. The van der Waals surface area contributed by atoms with E-state index < -0.39 is 0 Å². The molecule has 2 atom stereocenters. The molecule has 2 unspecified atom stereocenters. The summed E-state index contributed by atoms with van der Waals surface area (Å²) in [6.45, 7) is 11.3. The minimum atomic E-state index is -0.0541. The SMILES string of the molecule is Cc1ccc(C(C)C(C)C(=O)NCCSSCCNC(=O)C(C)C)cc1. The van der Waals surface area contributed by atoms with Crippen LogP contribution in [0.3, 0.4) is 0 Å². The Hall–Kier alpha value is -1.14. The Labute approximate surface area is 166 Å². The molecule has 1 aromatic rings. The first kappa shape index (κ1) is 22.9. The Morgan fingerprint density at radius 3 is 1.88 bits per heavy atom. The number of hydrogen-bond donors (Lipinski definition) is 2. The molecular formula is C20H32N2O2S2. The lowest BCUT2D eigenvalue weighted by atomic mass is 9.88. The fourth-order valence-electron chi connectivity index (χ4n) is 2.30. The standard InChI is InChI=1S/C20H32N2O2S2/c1-14(2)19(23)21-10-12-25-26-13-11-22-20(24)17(5)16(4)18-8-6-15(3)7-9-18/h6-9,14,16-17H,10-13H2,1-5H3,(H,21,23)(H,22,24). The zero-order valence-electron chi connectivity index (χ0n) is 16.5. The first-order chi connectivity index (χ1) is 12.3. The lowest BCUT2D eigenvalue weighted by Gasteiger charge is -2.20. The molecule has 0 aliphatic rings. The van der Waals surface area contributed by atoms with Gasteiger partial charge >= 0.3 is 0 Å². The van der Waals surface area contributed by atoms with Gasteiger partial charge in [-0.15, -0.1) is 0 Å². The maximum Gasteiger partial charge on any atom is 0.223 e. The topological polar surface area (TPSA) is 58.2 Å². The first-order valence-electron chi connectivity index (χ1n) is 9.19. The molecule has 1 aromatic carbocycles. The number of carbonyl (C=O) groups is 2. The average Bonchev–Trinajstić information content (AvgIpc) is 2.62. The van der Waals surface area contributed by atoms with Gasteiger partial charge in [0.05, 0.1) is 0 Å². The van der Waals surface area contributed by atoms with Crippen LogP contribution in [0.2, 0.25) is 0 Å². The summed E-state index contributed by atoms with van der Waals surface area (Å²) in [5.74, 6) is 2.11. The molecule has 0 heterocycles. The highest BCUT2D eigenvalue weighted by molar-refractivity contribution is 8.76. The molecule has 0 aliphatic heterocycles. The number of amides is 2. The van der Waals surface area contributed by atoms with Crippen LogP contribution in [0.15, 0.2) is 24.3 Å². The third kappa shape index (κ3) is 8.49. The van der Waals surface area contributed by atoms with Gasteiger partial charge < -0.3 is 10.6 Å². The molecule has 2 amide bonds. The quantitative estimate of drug-likeness (QED) is 0.438. The van der Waals surface area contributed by atoms with Crippen molar-refractivity contribution in [3.63, 3.8) is 0 Å². The van der Waals surface area contributed by atoms with Crippen molar-refractivity contribution in [3.8, 4) is 0 Å². The molecule has 6 heteroatoms. The maximum absolute atomic E-state index is 12.3. The minimum absolute atomic E-state index is 0.0344. The van der Waals surface area contributed by atoms with Crippen LogP contribution >= 0.6 is 21.6 Å². The van der Waals surface area contributed by atoms with Crippen molar-refractivity contribution in [1.29, 1.82) is 0 Å². The van der Waals surface area contributed by atoms with E-state index in [1.165, 1.54) is 11.1 Å². The van der Waals surface area contributed by atoms with Crippen molar-refractivity contribution in [2.24, 2.45) is 11.8 Å². The molecule has 4 nitrogen and oxygen atoms in total. The van der Waals surface area contributed by atoms with Gasteiger partial charge in [-0.3, -0.25) is 9.59 Å². The fraction of sp³-hybridized carbons (Fsp3) is 0.600. The normalized spacial score (nSPS) is 13.3. The van der Waals surface area contributed by atoms with E-state index >= 15 is 0 Å². The predicted octanol–water partition coefficient (Wildman–Crippen LogP) is 4.00. The van der Waals surface area contributed by atoms with Gasteiger partial charge in [-0.05, 0) is 18.4 Å². The van der Waals surface area contributed by atoms with E-state index in [2.05, 4.69) is 48.7 Å². The van der Waals surface area contributed by atoms with E-state index in [-0.39, 0.29) is 29.6 Å². The Kier molecular flexibility index (Phi) is 10.8. The van der Waals surface area contributed by atoms with E-state index in [1.54, 1.807) is 21.6 Å². The van der Waals surface area contributed by atoms with E-state index in [0.29, 0.717) is 13.1 Å². The van der Waals surface area contributed by atoms with Gasteiger partial charge in [0, 0.05) is 36.4 Å². The highest BCUT2D eigenvalue weighted by Gasteiger charge is 2.21. The van der Waals surface area contributed by atoms with Crippen molar-refractivity contribution in [2.45, 2.75) is 40.5 Å². The number of carbonyl (C=O) groups excluding carboxylic acids is 2. The summed E-state index contributed by atoms with van der Waals surface area (Å²) in [5.41, 5.74) is 2.43. The molecule has 0 aromatic heterocycles. The van der Waals surface area contributed by atoms with Crippen molar-refractivity contribution < 1.29 is 9.59 Å². The summed E-state index contributed by atoms with van der Waals surface area (Å²) >= 11 is 0. The second-order valence-corrected chi connectivity index (χ2v) is 9.57. The summed E-state index contributed by atoms with van der Waals surface area (Å²) in [4.78, 5) is 23.7. The van der Waals surface area contributed by atoms with Crippen molar-refractivity contribution in [3.05, 3.63) is 35.4 Å². The van der Waals surface area contributed by atoms with Crippen LogP contribution in [0.4, 0.5) is 0 Å². The smallest absolute Gasteiger partial charge is 0.223 e. The van der Waals surface area contributed by atoms with Crippen LogP contribution in [0, 0.1) is 18.8 Å². The van der Waals surface area contributed by atoms with Gasteiger partial charge in [0.1, 0.15) is 0 Å². The van der Waals surface area contributed by atoms with Crippen LogP contribution < -0.4 is 10.6 Å². The molecule has 0 saturated carbocycles. The van der Waals surface area contributed by atoms with Crippen LogP contribution in [0.5, 0.6) is 0 Å². The van der Waals surface area contributed by atoms with Gasteiger partial charge in [-0.25, -0.2) is 0 Å². The molecule has 0 bridgehead atoms. The fourth-order valence-corrected chi connectivity index (χ4v) is 4.11. The Morgan fingerprint density at radius 2 is 1.38 bits per heavy atom. The van der Waals surface area contributed by atoms with Crippen LogP contribution in [-0.4, -0.2) is 36.4 Å². The largest absolute Gasteiger partial charge is 0.355 e. The predicted molar refractivity (Wildman–Crippen MR) is 115 cm³/mol. The number of nitrogens with one attached hydrogen (secondary N) is 2. The lowest BCUT2D eigenvalue weighted by molar-refractivity contribution is -0.125. The summed E-state index contributed by atoms with van der Waals surface area (Å²) in [6.07, 6.45) is 0. The molecular weight excluding hydrogens is 364 g/mol. The summed E-state index contributed by atoms with van der Waals surface area (Å²) in [6, 6.07) is 8.39.